The number of carbonyl (C=O) groups excluding carboxylic acids is 1. The topological polar surface area (TPSA) is 46.5 Å². The highest BCUT2D eigenvalue weighted by Crippen LogP contribution is 2.31. The Morgan fingerprint density at radius 1 is 1.38 bits per heavy atom. The van der Waals surface area contributed by atoms with Crippen molar-refractivity contribution in [1.82, 2.24) is 14.8 Å². The van der Waals surface area contributed by atoms with Gasteiger partial charge in [0.15, 0.2) is 0 Å². The summed E-state index contributed by atoms with van der Waals surface area (Å²) in [5.41, 5.74) is 3.07. The lowest BCUT2D eigenvalue weighted by molar-refractivity contribution is 0.0936. The number of hydrogen-bond donors (Lipinski definition) is 1. The number of hydrogen-bond acceptors (Lipinski definition) is 3. The van der Waals surface area contributed by atoms with Gasteiger partial charge in [-0.25, -0.2) is 0 Å². The van der Waals surface area contributed by atoms with Crippen LogP contribution in [0.1, 0.15) is 16.1 Å². The third-order valence-electron chi connectivity index (χ3n) is 4.02. The van der Waals surface area contributed by atoms with Gasteiger partial charge in [-0.1, -0.05) is 0 Å². The molecule has 0 spiro atoms. The SMILES string of the molecule is COc1ccc2c(c1)c1c(n2CCN(C)C)C(=O)NCC1. The maximum absolute atomic E-state index is 12.3. The van der Waals surface area contributed by atoms with E-state index in [4.69, 9.17) is 4.74 Å². The largest absolute Gasteiger partial charge is 0.497 e. The molecule has 0 saturated heterocycles. The number of fused-ring (bicyclic) bond motifs is 3. The van der Waals surface area contributed by atoms with E-state index in [-0.39, 0.29) is 5.91 Å². The number of ether oxygens (including phenoxy) is 1. The molecule has 0 radical (unpaired) electrons. The molecule has 2 aromatic rings. The lowest BCUT2D eigenvalue weighted by Gasteiger charge is -2.17. The molecule has 21 heavy (non-hydrogen) atoms. The zero-order valence-corrected chi connectivity index (χ0v) is 12.8. The number of methoxy groups -OCH3 is 1. The maximum atomic E-state index is 12.3. The Morgan fingerprint density at radius 3 is 2.90 bits per heavy atom. The van der Waals surface area contributed by atoms with Crippen LogP contribution >= 0.6 is 0 Å². The summed E-state index contributed by atoms with van der Waals surface area (Å²) in [4.78, 5) is 14.4. The van der Waals surface area contributed by atoms with Crippen molar-refractivity contribution in [3.8, 4) is 5.75 Å². The number of benzene rings is 1. The number of likely N-dealkylation sites (N-methyl/N-ethyl adjacent to an activating group) is 1. The molecule has 1 aromatic carbocycles. The van der Waals surface area contributed by atoms with Gasteiger partial charge in [0.2, 0.25) is 0 Å². The minimum absolute atomic E-state index is 0.0326. The van der Waals surface area contributed by atoms with Gasteiger partial charge in [-0.3, -0.25) is 4.79 Å². The molecule has 3 rings (SSSR count). The molecule has 2 heterocycles. The van der Waals surface area contributed by atoms with Crippen molar-refractivity contribution in [2.24, 2.45) is 0 Å². The van der Waals surface area contributed by atoms with Crippen molar-refractivity contribution in [3.05, 3.63) is 29.5 Å². The van der Waals surface area contributed by atoms with Crippen LogP contribution in [-0.4, -0.2) is 49.7 Å². The predicted octanol–water partition coefficient (Wildman–Crippen LogP) is 1.50. The fourth-order valence-electron chi connectivity index (χ4n) is 2.96. The molecule has 0 fully saturated rings. The zero-order chi connectivity index (χ0) is 15.0. The second-order valence-electron chi connectivity index (χ2n) is 5.67. The fourth-order valence-corrected chi connectivity index (χ4v) is 2.96. The first-order chi connectivity index (χ1) is 10.1. The zero-order valence-electron chi connectivity index (χ0n) is 12.8. The van der Waals surface area contributed by atoms with Crippen LogP contribution in [-0.2, 0) is 13.0 Å². The first kappa shape index (κ1) is 13.9. The van der Waals surface area contributed by atoms with Crippen molar-refractivity contribution in [1.29, 1.82) is 0 Å². The Labute approximate surface area is 124 Å². The quantitative estimate of drug-likeness (QED) is 0.927. The summed E-state index contributed by atoms with van der Waals surface area (Å²) in [5.74, 6) is 0.867. The normalized spacial score (nSPS) is 14.4. The minimum atomic E-state index is 0.0326. The predicted molar refractivity (Wildman–Crippen MR) is 83.1 cm³/mol. The van der Waals surface area contributed by atoms with Crippen LogP contribution in [0.3, 0.4) is 0 Å². The fraction of sp³-hybridized carbons (Fsp3) is 0.438. The van der Waals surface area contributed by atoms with E-state index < -0.39 is 0 Å². The molecular weight excluding hydrogens is 266 g/mol. The lowest BCUT2D eigenvalue weighted by atomic mass is 10.0. The van der Waals surface area contributed by atoms with Crippen molar-refractivity contribution >= 4 is 16.8 Å². The molecular formula is C16H21N3O2. The van der Waals surface area contributed by atoms with Crippen LogP contribution in [0.25, 0.3) is 10.9 Å². The number of nitrogens with one attached hydrogen (secondary N) is 1. The summed E-state index contributed by atoms with van der Waals surface area (Å²) in [7, 11) is 5.76. The molecule has 5 nitrogen and oxygen atoms in total. The summed E-state index contributed by atoms with van der Waals surface area (Å²) >= 11 is 0. The molecule has 0 aliphatic carbocycles. The first-order valence-electron chi connectivity index (χ1n) is 7.24. The maximum Gasteiger partial charge on any atom is 0.268 e. The van der Waals surface area contributed by atoms with Crippen LogP contribution in [0.2, 0.25) is 0 Å². The molecule has 0 saturated carbocycles. The van der Waals surface area contributed by atoms with Crippen molar-refractivity contribution < 1.29 is 9.53 Å². The Hall–Kier alpha value is -2.01. The molecule has 5 heteroatoms. The first-order valence-corrected chi connectivity index (χ1v) is 7.24. The van der Waals surface area contributed by atoms with E-state index in [1.54, 1.807) is 7.11 Å². The van der Waals surface area contributed by atoms with Gasteiger partial charge in [-0.05, 0) is 44.3 Å². The molecule has 0 unspecified atom stereocenters. The highest BCUT2D eigenvalue weighted by Gasteiger charge is 2.25. The number of carbonyl (C=O) groups is 1. The van der Waals surface area contributed by atoms with Crippen molar-refractivity contribution in [2.75, 3.05) is 34.3 Å². The van der Waals surface area contributed by atoms with E-state index in [1.165, 1.54) is 0 Å². The smallest absolute Gasteiger partial charge is 0.268 e. The van der Waals surface area contributed by atoms with E-state index in [0.29, 0.717) is 6.54 Å². The summed E-state index contributed by atoms with van der Waals surface area (Å²) in [6.07, 6.45) is 0.875. The summed E-state index contributed by atoms with van der Waals surface area (Å²) in [6.45, 7) is 2.41. The molecule has 0 atom stereocenters. The van der Waals surface area contributed by atoms with Crippen LogP contribution in [0, 0.1) is 0 Å². The van der Waals surface area contributed by atoms with Gasteiger partial charge < -0.3 is 19.5 Å². The second kappa shape index (κ2) is 5.41. The van der Waals surface area contributed by atoms with Gasteiger partial charge in [0.1, 0.15) is 11.4 Å². The lowest BCUT2D eigenvalue weighted by Crippen LogP contribution is -2.34. The van der Waals surface area contributed by atoms with E-state index in [2.05, 4.69) is 20.9 Å². The Bertz CT molecular complexity index is 688. The van der Waals surface area contributed by atoms with Crippen molar-refractivity contribution in [2.45, 2.75) is 13.0 Å². The molecule has 1 aromatic heterocycles. The van der Waals surface area contributed by atoms with Gasteiger partial charge >= 0.3 is 0 Å². The molecule has 1 amide bonds. The van der Waals surface area contributed by atoms with E-state index in [0.717, 1.165) is 47.4 Å². The molecule has 112 valence electrons. The number of amides is 1. The Balaban J connectivity index is 2.19. The average Bonchev–Trinajstić information content (AvgIpc) is 2.79. The monoisotopic (exact) mass is 287 g/mol. The van der Waals surface area contributed by atoms with E-state index in [1.807, 2.05) is 26.2 Å². The minimum Gasteiger partial charge on any atom is -0.497 e. The van der Waals surface area contributed by atoms with Gasteiger partial charge in [-0.15, -0.1) is 0 Å². The number of rotatable bonds is 4. The third kappa shape index (κ3) is 2.38. The summed E-state index contributed by atoms with van der Waals surface area (Å²) in [5, 5.41) is 4.09. The highest BCUT2D eigenvalue weighted by atomic mass is 16.5. The average molecular weight is 287 g/mol. The van der Waals surface area contributed by atoms with Crippen LogP contribution in [0.4, 0.5) is 0 Å². The Morgan fingerprint density at radius 2 is 2.19 bits per heavy atom. The third-order valence-corrected chi connectivity index (χ3v) is 4.02. The molecule has 1 N–H and O–H groups in total. The number of aromatic nitrogens is 1. The van der Waals surface area contributed by atoms with Crippen LogP contribution in [0.5, 0.6) is 5.75 Å². The standard InChI is InChI=1S/C16H21N3O2/c1-18(2)8-9-19-14-5-4-11(21-3)10-13(14)12-6-7-17-16(20)15(12)19/h4-5,10H,6-9H2,1-3H3,(H,17,20). The van der Waals surface area contributed by atoms with E-state index in [9.17, 15) is 4.79 Å². The van der Waals surface area contributed by atoms with Crippen molar-refractivity contribution in [3.63, 3.8) is 0 Å². The van der Waals surface area contributed by atoms with Crippen LogP contribution < -0.4 is 10.1 Å². The van der Waals surface area contributed by atoms with Gasteiger partial charge in [0, 0.05) is 30.5 Å². The second-order valence-corrected chi connectivity index (χ2v) is 5.67. The Kier molecular flexibility index (Phi) is 3.59. The molecule has 1 aliphatic rings. The number of nitrogens with zero attached hydrogens (tertiary/aromatic N) is 2. The van der Waals surface area contributed by atoms with Crippen LogP contribution in [0.15, 0.2) is 18.2 Å². The van der Waals surface area contributed by atoms with Gasteiger partial charge in [0.05, 0.1) is 7.11 Å². The van der Waals surface area contributed by atoms with E-state index >= 15 is 0 Å². The van der Waals surface area contributed by atoms with Gasteiger partial charge in [-0.2, -0.15) is 0 Å². The summed E-state index contributed by atoms with van der Waals surface area (Å²) < 4.78 is 7.47. The summed E-state index contributed by atoms with van der Waals surface area (Å²) in [6, 6.07) is 6.05. The molecule has 0 bridgehead atoms. The van der Waals surface area contributed by atoms with Gasteiger partial charge in [0.25, 0.3) is 5.91 Å². The highest BCUT2D eigenvalue weighted by molar-refractivity contribution is 6.03. The molecule has 1 aliphatic heterocycles.